The summed E-state index contributed by atoms with van der Waals surface area (Å²) in [7, 11) is 0. The first-order chi connectivity index (χ1) is 4.29. The van der Waals surface area contributed by atoms with E-state index in [0.29, 0.717) is 19.3 Å². The lowest BCUT2D eigenvalue weighted by Gasteiger charge is -1.74. The molecule has 1 aliphatic heterocycles. The number of hydrogen-bond acceptors (Lipinski definition) is 1. The van der Waals surface area contributed by atoms with Crippen molar-refractivity contribution in [1.29, 1.82) is 0 Å². The van der Waals surface area contributed by atoms with Crippen molar-refractivity contribution in [3.63, 3.8) is 0 Å². The molecule has 1 rings (SSSR count). The molecule has 0 saturated heterocycles. The summed E-state index contributed by atoms with van der Waals surface area (Å²) in [5.74, 6) is -0.0880. The molecule has 0 aromatic carbocycles. The maximum absolute atomic E-state index is 11.4. The van der Waals surface area contributed by atoms with E-state index in [1.54, 1.807) is 0 Å². The molecule has 0 aliphatic carbocycles. The molecule has 0 unspecified atom stereocenters. The molecule has 9 heavy (non-hydrogen) atoms. The van der Waals surface area contributed by atoms with Gasteiger partial charge in [-0.2, -0.15) is 8.78 Å². The molecule has 0 N–H and O–H groups in total. The van der Waals surface area contributed by atoms with Gasteiger partial charge in [0.05, 0.1) is 0 Å². The van der Waals surface area contributed by atoms with Crippen molar-refractivity contribution in [2.24, 2.45) is 0 Å². The molecule has 0 radical (unpaired) electrons. The van der Waals surface area contributed by atoms with Crippen LogP contribution in [0, 0.1) is 0 Å². The van der Waals surface area contributed by atoms with E-state index >= 15 is 0 Å². The van der Waals surface area contributed by atoms with Gasteiger partial charge in [-0.15, -0.1) is 0 Å². The van der Waals surface area contributed by atoms with Crippen LogP contribution in [0.3, 0.4) is 0 Å². The van der Waals surface area contributed by atoms with Gasteiger partial charge in [0.15, 0.2) is 0 Å². The van der Waals surface area contributed by atoms with E-state index in [0.717, 1.165) is 0 Å². The quantitative estimate of drug-likeness (QED) is 0.296. The van der Waals surface area contributed by atoms with Crippen molar-refractivity contribution in [3.05, 3.63) is 12.2 Å². The Hall–Kier alpha value is -0.930. The van der Waals surface area contributed by atoms with Crippen LogP contribution in [0.25, 0.3) is 0 Å². The molecule has 0 amide bonds. The van der Waals surface area contributed by atoms with Gasteiger partial charge < -0.3 is 9.16 Å². The highest BCUT2D eigenvalue weighted by molar-refractivity contribution is 5.82. The Morgan fingerprint density at radius 3 is 2.89 bits per heavy atom. The lowest BCUT2D eigenvalue weighted by atomic mass is 10.6. The van der Waals surface area contributed by atoms with E-state index in [4.69, 9.17) is 0 Å². The predicted octanol–water partition coefficient (Wildman–Crippen LogP) is 0.859. The van der Waals surface area contributed by atoms with Crippen LogP contribution in [0.15, 0.2) is 12.2 Å². The normalized spacial score (nSPS) is 16.4. The summed E-state index contributed by atoms with van der Waals surface area (Å²) in [6.07, 6.45) is -1.24. The Morgan fingerprint density at radius 1 is 1.67 bits per heavy atom. The van der Waals surface area contributed by atoms with E-state index < -0.39 is 6.08 Å². The molecule has 0 fully saturated rings. The van der Waals surface area contributed by atoms with Crippen molar-refractivity contribution < 1.29 is 17.9 Å². The molecule has 1 aliphatic rings. The number of halogens is 2. The van der Waals surface area contributed by atoms with Crippen LogP contribution in [0.1, 0.15) is 0 Å². The zero-order chi connectivity index (χ0) is 6.69. The number of esters is 1. The van der Waals surface area contributed by atoms with Gasteiger partial charge in [0.2, 0.25) is 13.2 Å². The van der Waals surface area contributed by atoms with Gasteiger partial charge in [-0.1, -0.05) is 0 Å². The number of carbonyl (C=O) groups excluding carboxylic acids is 1. The fourth-order valence-corrected chi connectivity index (χ4v) is 0.499. The summed E-state index contributed by atoms with van der Waals surface area (Å²) in [5.41, 5.74) is 0. The number of hydrogen-bond donors (Lipinski definition) is 0. The zero-order valence-corrected chi connectivity index (χ0v) is 4.56. The van der Waals surface area contributed by atoms with Crippen LogP contribution in [-0.4, -0.2) is 19.2 Å². The monoisotopic (exact) mass is 135 g/mol. The summed E-state index contributed by atoms with van der Waals surface area (Å²) >= 11 is 0. The Bertz CT molecular complexity index is 158. The molecular formula is C5H5F2O2+. The van der Waals surface area contributed by atoms with E-state index in [9.17, 15) is 8.78 Å². The van der Waals surface area contributed by atoms with Crippen LogP contribution >= 0.6 is 0 Å². The largest absolute Gasteiger partial charge is 0.518 e. The summed E-state index contributed by atoms with van der Waals surface area (Å²) in [5, 5.41) is 0. The second kappa shape index (κ2) is 2.57. The highest BCUT2D eigenvalue weighted by Gasteiger charge is 2.19. The van der Waals surface area contributed by atoms with Gasteiger partial charge in [-0.05, 0) is 0 Å². The number of cyclic esters (lactones) is 1. The van der Waals surface area contributed by atoms with E-state index in [-0.39, 0.29) is 5.97 Å². The maximum atomic E-state index is 11.4. The molecule has 2 nitrogen and oxygen atoms in total. The second-order valence-electron chi connectivity index (χ2n) is 1.45. The maximum Gasteiger partial charge on any atom is 0.518 e. The second-order valence-corrected chi connectivity index (χ2v) is 1.45. The van der Waals surface area contributed by atoms with Crippen LogP contribution < -0.4 is 0 Å². The Kier molecular flexibility index (Phi) is 1.77. The first-order valence-corrected chi connectivity index (χ1v) is 2.44. The minimum absolute atomic E-state index is 0.0880. The summed E-state index contributed by atoms with van der Waals surface area (Å²) in [6.45, 7) is 0.720. The minimum Gasteiger partial charge on any atom is -0.311 e. The van der Waals surface area contributed by atoms with Gasteiger partial charge in [0.25, 0.3) is 6.08 Å². The Morgan fingerprint density at radius 2 is 2.44 bits per heavy atom. The van der Waals surface area contributed by atoms with Gasteiger partial charge >= 0.3 is 5.97 Å². The van der Waals surface area contributed by atoms with Gasteiger partial charge in [0.1, 0.15) is 6.08 Å². The SMILES string of the molecule is FC(F)=CC1=[O+]CCO1. The molecule has 0 bridgehead atoms. The van der Waals surface area contributed by atoms with Crippen LogP contribution in [0.5, 0.6) is 0 Å². The average Bonchev–Trinajstić information content (AvgIpc) is 2.15. The number of rotatable bonds is 1. The fourth-order valence-electron chi connectivity index (χ4n) is 0.499. The third-order valence-corrected chi connectivity index (χ3v) is 0.799. The third kappa shape index (κ3) is 1.79. The van der Waals surface area contributed by atoms with Crippen molar-refractivity contribution in [2.75, 3.05) is 13.2 Å². The molecule has 0 atom stereocenters. The van der Waals surface area contributed by atoms with Gasteiger partial charge in [-0.3, -0.25) is 0 Å². The minimum atomic E-state index is -1.80. The van der Waals surface area contributed by atoms with Crippen molar-refractivity contribution >= 4 is 5.97 Å². The Balaban J connectivity index is 2.53. The molecule has 1 heterocycles. The topological polar surface area (TPSA) is 20.5 Å². The van der Waals surface area contributed by atoms with Gasteiger partial charge in [-0.25, -0.2) is 0 Å². The molecular weight excluding hydrogens is 130 g/mol. The lowest BCUT2D eigenvalue weighted by Crippen LogP contribution is -1.93. The predicted molar refractivity (Wildman–Crippen MR) is 26.1 cm³/mol. The lowest BCUT2D eigenvalue weighted by molar-refractivity contribution is -0.444. The van der Waals surface area contributed by atoms with E-state index in [1.807, 2.05) is 0 Å². The fraction of sp³-hybridized carbons (Fsp3) is 0.400. The van der Waals surface area contributed by atoms with Crippen LogP contribution in [-0.2, 0) is 9.16 Å². The van der Waals surface area contributed by atoms with E-state index in [1.165, 1.54) is 0 Å². The highest BCUT2D eigenvalue weighted by atomic mass is 19.3. The summed E-state index contributed by atoms with van der Waals surface area (Å²) < 4.78 is 31.9. The molecule has 0 aromatic rings. The molecule has 0 spiro atoms. The van der Waals surface area contributed by atoms with Crippen LogP contribution in [0.2, 0.25) is 0 Å². The van der Waals surface area contributed by atoms with Crippen molar-refractivity contribution in [2.45, 2.75) is 0 Å². The average molecular weight is 135 g/mol. The molecule has 50 valence electrons. The Labute approximate surface area is 50.4 Å². The molecule has 0 aromatic heterocycles. The first-order valence-electron chi connectivity index (χ1n) is 2.44. The smallest absolute Gasteiger partial charge is 0.311 e. The zero-order valence-electron chi connectivity index (χ0n) is 4.56. The van der Waals surface area contributed by atoms with Gasteiger partial charge in [0, 0.05) is 0 Å². The highest BCUT2D eigenvalue weighted by Crippen LogP contribution is 1.99. The third-order valence-electron chi connectivity index (χ3n) is 0.799. The van der Waals surface area contributed by atoms with E-state index in [2.05, 4.69) is 9.16 Å². The number of ether oxygens (including phenoxy) is 1. The summed E-state index contributed by atoms with van der Waals surface area (Å²) in [4.78, 5) is 0. The first kappa shape index (κ1) is 6.19. The standard InChI is InChI=1S/C5H5F2O2/c6-4(7)3-5-8-1-2-9-5/h3H,1-2H2/q+1. The van der Waals surface area contributed by atoms with Crippen molar-refractivity contribution in [1.82, 2.24) is 0 Å². The molecule has 0 saturated carbocycles. The van der Waals surface area contributed by atoms with Crippen LogP contribution in [0.4, 0.5) is 8.78 Å². The summed E-state index contributed by atoms with van der Waals surface area (Å²) in [6, 6.07) is 0. The van der Waals surface area contributed by atoms with Crippen molar-refractivity contribution in [3.8, 4) is 0 Å². The molecule has 4 heteroatoms.